The molecule has 0 saturated carbocycles. The summed E-state index contributed by atoms with van der Waals surface area (Å²) >= 11 is 0. The highest BCUT2D eigenvalue weighted by Crippen LogP contribution is 2.20. The van der Waals surface area contributed by atoms with Crippen LogP contribution in [0.3, 0.4) is 0 Å². The van der Waals surface area contributed by atoms with E-state index < -0.39 is 10.2 Å². The fourth-order valence-electron chi connectivity index (χ4n) is 3.85. The van der Waals surface area contributed by atoms with Gasteiger partial charge in [0.25, 0.3) is 10.2 Å². The van der Waals surface area contributed by atoms with Crippen molar-refractivity contribution in [3.8, 4) is 0 Å². The fraction of sp³-hybridized carbons (Fsp3) is 0.684. The molecule has 0 bridgehead atoms. The lowest BCUT2D eigenvalue weighted by molar-refractivity contribution is -0.0454. The molecule has 26 heavy (non-hydrogen) atoms. The molecule has 0 N–H and O–H groups in total. The average Bonchev–Trinajstić information content (AvgIpc) is 2.82. The van der Waals surface area contributed by atoms with E-state index in [-0.39, 0.29) is 12.2 Å². The number of benzene rings is 1. The maximum atomic E-state index is 13.1. The van der Waals surface area contributed by atoms with Gasteiger partial charge < -0.3 is 4.74 Å². The molecule has 2 aliphatic rings. The number of ether oxygens (including phenoxy) is 1. The first-order valence-corrected chi connectivity index (χ1v) is 10.9. The molecule has 0 spiro atoms. The topological polar surface area (TPSA) is 53.1 Å². The SMILES string of the molecule is Cc1ccccc1CN1CCCN(S(=O)(=O)N2C[C@H](C)O[C@@H](C)C2)CC1. The summed E-state index contributed by atoms with van der Waals surface area (Å²) in [5, 5.41) is 0. The van der Waals surface area contributed by atoms with Crippen LogP contribution in [-0.2, 0) is 21.5 Å². The van der Waals surface area contributed by atoms with E-state index in [2.05, 4.69) is 36.1 Å². The van der Waals surface area contributed by atoms with E-state index in [1.165, 1.54) is 11.1 Å². The summed E-state index contributed by atoms with van der Waals surface area (Å²) in [5.74, 6) is 0. The molecule has 6 nitrogen and oxygen atoms in total. The summed E-state index contributed by atoms with van der Waals surface area (Å²) in [6.07, 6.45) is 0.747. The second-order valence-electron chi connectivity index (χ2n) is 7.54. The summed E-state index contributed by atoms with van der Waals surface area (Å²) in [4.78, 5) is 2.36. The molecular formula is C19H31N3O3S. The van der Waals surface area contributed by atoms with Gasteiger partial charge in [0.2, 0.25) is 0 Å². The Kier molecular flexibility index (Phi) is 6.35. The molecule has 2 heterocycles. The molecule has 1 aromatic carbocycles. The summed E-state index contributed by atoms with van der Waals surface area (Å²) in [7, 11) is -3.42. The number of rotatable bonds is 4. The van der Waals surface area contributed by atoms with Gasteiger partial charge in [0.05, 0.1) is 12.2 Å². The predicted molar refractivity (Wildman–Crippen MR) is 103 cm³/mol. The fourth-order valence-corrected chi connectivity index (χ4v) is 5.64. The van der Waals surface area contributed by atoms with E-state index in [1.807, 2.05) is 13.8 Å². The lowest BCUT2D eigenvalue weighted by atomic mass is 10.1. The van der Waals surface area contributed by atoms with Crippen LogP contribution in [0.5, 0.6) is 0 Å². The first-order valence-electron chi connectivity index (χ1n) is 9.54. The molecule has 7 heteroatoms. The minimum atomic E-state index is -3.42. The number of hydrogen-bond donors (Lipinski definition) is 0. The monoisotopic (exact) mass is 381 g/mol. The van der Waals surface area contributed by atoms with Gasteiger partial charge in [-0.1, -0.05) is 24.3 Å². The van der Waals surface area contributed by atoms with Crippen molar-refractivity contribution in [1.82, 2.24) is 13.5 Å². The summed E-state index contributed by atoms with van der Waals surface area (Å²) < 4.78 is 35.1. The Morgan fingerprint density at radius 1 is 1.00 bits per heavy atom. The van der Waals surface area contributed by atoms with E-state index in [0.29, 0.717) is 26.2 Å². The lowest BCUT2D eigenvalue weighted by Crippen LogP contribution is -2.53. The number of morpholine rings is 1. The van der Waals surface area contributed by atoms with Crippen LogP contribution in [0, 0.1) is 6.92 Å². The van der Waals surface area contributed by atoms with Crippen LogP contribution in [-0.4, -0.2) is 73.4 Å². The summed E-state index contributed by atoms with van der Waals surface area (Å²) in [6.45, 7) is 10.6. The van der Waals surface area contributed by atoms with E-state index >= 15 is 0 Å². The van der Waals surface area contributed by atoms with Crippen molar-refractivity contribution in [1.29, 1.82) is 0 Å². The van der Waals surface area contributed by atoms with Crippen LogP contribution in [0.4, 0.5) is 0 Å². The molecule has 146 valence electrons. The van der Waals surface area contributed by atoms with Crippen LogP contribution in [0.15, 0.2) is 24.3 Å². The molecular weight excluding hydrogens is 350 g/mol. The largest absolute Gasteiger partial charge is 0.373 e. The Labute approximate surface area is 157 Å². The highest BCUT2D eigenvalue weighted by atomic mass is 32.2. The minimum Gasteiger partial charge on any atom is -0.373 e. The average molecular weight is 382 g/mol. The lowest BCUT2D eigenvalue weighted by Gasteiger charge is -2.37. The first-order chi connectivity index (χ1) is 12.4. The molecule has 0 radical (unpaired) electrons. The maximum Gasteiger partial charge on any atom is 0.282 e. The predicted octanol–water partition coefficient (Wildman–Crippen LogP) is 1.86. The van der Waals surface area contributed by atoms with Gasteiger partial charge in [-0.2, -0.15) is 17.0 Å². The number of nitrogens with zero attached hydrogens (tertiary/aromatic N) is 3. The third kappa shape index (κ3) is 4.64. The van der Waals surface area contributed by atoms with Crippen molar-refractivity contribution in [2.24, 2.45) is 0 Å². The molecule has 0 unspecified atom stereocenters. The zero-order valence-electron chi connectivity index (χ0n) is 16.1. The Morgan fingerprint density at radius 3 is 2.38 bits per heavy atom. The quantitative estimate of drug-likeness (QED) is 0.799. The molecule has 0 amide bonds. The van der Waals surface area contributed by atoms with Crippen LogP contribution in [0.2, 0.25) is 0 Å². The smallest absolute Gasteiger partial charge is 0.282 e. The molecule has 2 saturated heterocycles. The van der Waals surface area contributed by atoms with Gasteiger partial charge in [-0.25, -0.2) is 0 Å². The van der Waals surface area contributed by atoms with Gasteiger partial charge in [-0.15, -0.1) is 0 Å². The normalized spacial score (nSPS) is 27.3. The van der Waals surface area contributed by atoms with Crippen molar-refractivity contribution < 1.29 is 13.2 Å². The molecule has 1 aromatic rings. The Balaban J connectivity index is 1.63. The van der Waals surface area contributed by atoms with Gasteiger partial charge in [-0.05, 0) is 44.9 Å². The van der Waals surface area contributed by atoms with Crippen molar-refractivity contribution in [3.05, 3.63) is 35.4 Å². The highest BCUT2D eigenvalue weighted by Gasteiger charge is 2.35. The van der Waals surface area contributed by atoms with Crippen molar-refractivity contribution in [2.75, 3.05) is 39.3 Å². The van der Waals surface area contributed by atoms with Gasteiger partial charge in [0.15, 0.2) is 0 Å². The highest BCUT2D eigenvalue weighted by molar-refractivity contribution is 7.86. The van der Waals surface area contributed by atoms with Crippen LogP contribution in [0.25, 0.3) is 0 Å². The van der Waals surface area contributed by atoms with E-state index in [0.717, 1.165) is 26.1 Å². The second-order valence-corrected chi connectivity index (χ2v) is 9.47. The maximum absolute atomic E-state index is 13.1. The Morgan fingerprint density at radius 2 is 1.69 bits per heavy atom. The van der Waals surface area contributed by atoms with Crippen molar-refractivity contribution >= 4 is 10.2 Å². The Bertz CT molecular complexity index is 700. The van der Waals surface area contributed by atoms with Crippen LogP contribution in [0.1, 0.15) is 31.4 Å². The molecule has 0 aliphatic carbocycles. The molecule has 2 fully saturated rings. The van der Waals surface area contributed by atoms with Crippen LogP contribution >= 0.6 is 0 Å². The van der Waals surface area contributed by atoms with Crippen LogP contribution < -0.4 is 0 Å². The zero-order chi connectivity index (χ0) is 18.7. The standard InChI is InChI=1S/C19H31N3O3S/c1-16-7-4-5-8-19(16)15-20-9-6-10-21(12-11-20)26(23,24)22-13-17(2)25-18(3)14-22/h4-5,7-8,17-18H,6,9-15H2,1-3H3/t17-,18-/m0/s1. The number of aryl methyl sites for hydroxylation is 1. The first kappa shape index (κ1) is 19.8. The molecule has 3 rings (SSSR count). The van der Waals surface area contributed by atoms with Gasteiger partial charge in [0, 0.05) is 39.3 Å². The molecule has 0 aromatic heterocycles. The third-order valence-electron chi connectivity index (χ3n) is 5.24. The van der Waals surface area contributed by atoms with Crippen molar-refractivity contribution in [2.45, 2.75) is 45.9 Å². The third-order valence-corrected chi connectivity index (χ3v) is 7.21. The Hall–Kier alpha value is -0.990. The van der Waals surface area contributed by atoms with Gasteiger partial charge >= 0.3 is 0 Å². The summed E-state index contributed by atoms with van der Waals surface area (Å²) in [5.41, 5.74) is 2.61. The minimum absolute atomic E-state index is 0.0574. The number of hydrogen-bond acceptors (Lipinski definition) is 4. The molecule has 2 atom stereocenters. The van der Waals surface area contributed by atoms with E-state index in [4.69, 9.17) is 4.74 Å². The van der Waals surface area contributed by atoms with E-state index in [9.17, 15) is 8.42 Å². The van der Waals surface area contributed by atoms with Gasteiger partial charge in [0.1, 0.15) is 0 Å². The molecule has 2 aliphatic heterocycles. The van der Waals surface area contributed by atoms with Crippen molar-refractivity contribution in [3.63, 3.8) is 0 Å². The zero-order valence-corrected chi connectivity index (χ0v) is 16.9. The second kappa shape index (κ2) is 8.35. The summed E-state index contributed by atoms with van der Waals surface area (Å²) in [6, 6.07) is 8.41. The van der Waals surface area contributed by atoms with Gasteiger partial charge in [-0.3, -0.25) is 4.90 Å². The van der Waals surface area contributed by atoms with E-state index in [1.54, 1.807) is 8.61 Å².